The third kappa shape index (κ3) is 6.08. The molecule has 0 atom stereocenters. The van der Waals surface area contributed by atoms with E-state index in [9.17, 15) is 19.1 Å². The second-order valence-electron chi connectivity index (χ2n) is 10.5. The van der Waals surface area contributed by atoms with Crippen molar-refractivity contribution >= 4 is 29.1 Å². The summed E-state index contributed by atoms with van der Waals surface area (Å²) in [6.45, 7) is 2.92. The Morgan fingerprint density at radius 1 is 1.12 bits per heavy atom. The van der Waals surface area contributed by atoms with Gasteiger partial charge in [0.15, 0.2) is 0 Å². The van der Waals surface area contributed by atoms with Crippen molar-refractivity contribution in [2.75, 3.05) is 26.3 Å². The molecule has 218 valence electrons. The van der Waals surface area contributed by atoms with Crippen LogP contribution in [0.2, 0.25) is 5.02 Å². The molecular formula is C30H29ClFN5O5. The van der Waals surface area contributed by atoms with Crippen molar-refractivity contribution in [2.24, 2.45) is 0 Å². The average Bonchev–Trinajstić information content (AvgIpc) is 3.32. The summed E-state index contributed by atoms with van der Waals surface area (Å²) in [5.41, 5.74) is 2.84. The van der Waals surface area contributed by atoms with Gasteiger partial charge in [-0.2, -0.15) is 0 Å². The zero-order chi connectivity index (χ0) is 29.2. The molecule has 1 aromatic carbocycles. The molecule has 2 aliphatic rings. The lowest BCUT2D eigenvalue weighted by molar-refractivity contribution is -0.00360. The molecule has 0 saturated carbocycles. The zero-order valence-electron chi connectivity index (χ0n) is 22.6. The van der Waals surface area contributed by atoms with Gasteiger partial charge in [0.05, 0.1) is 30.5 Å². The van der Waals surface area contributed by atoms with E-state index in [-0.39, 0.29) is 30.0 Å². The number of imidazole rings is 1. The van der Waals surface area contributed by atoms with Crippen LogP contribution in [0, 0.1) is 5.82 Å². The van der Waals surface area contributed by atoms with E-state index in [1.165, 1.54) is 18.3 Å². The minimum Gasteiger partial charge on any atom is -0.478 e. The molecule has 3 aromatic heterocycles. The van der Waals surface area contributed by atoms with Gasteiger partial charge < -0.3 is 19.9 Å². The average molecular weight is 594 g/mol. The zero-order valence-corrected chi connectivity index (χ0v) is 23.4. The maximum Gasteiger partial charge on any atom is 0.337 e. The molecule has 0 bridgehead atoms. The molecule has 0 radical (unpaired) electrons. The quantitative estimate of drug-likeness (QED) is 0.295. The minimum atomic E-state index is -1.08. The Balaban J connectivity index is 1.13. The van der Waals surface area contributed by atoms with Crippen molar-refractivity contribution in [2.45, 2.75) is 38.0 Å². The molecule has 2 fully saturated rings. The van der Waals surface area contributed by atoms with Crippen LogP contribution in [0.15, 0.2) is 54.7 Å². The first-order valence-corrected chi connectivity index (χ1v) is 14.1. The Hall–Kier alpha value is -4.06. The van der Waals surface area contributed by atoms with Crippen LogP contribution >= 0.6 is 11.6 Å². The number of carbonyl (C=O) groups is 2. The van der Waals surface area contributed by atoms with E-state index in [1.807, 2.05) is 12.1 Å². The Labute approximate surface area is 246 Å². The fraction of sp³-hybridized carbons (Fsp3) is 0.333. The van der Waals surface area contributed by atoms with Gasteiger partial charge in [-0.1, -0.05) is 23.7 Å². The molecule has 6 rings (SSSR count). The Kier molecular flexibility index (Phi) is 8.05. The van der Waals surface area contributed by atoms with Gasteiger partial charge in [0, 0.05) is 41.0 Å². The van der Waals surface area contributed by atoms with E-state index in [1.54, 1.807) is 28.7 Å². The van der Waals surface area contributed by atoms with E-state index in [0.717, 1.165) is 31.6 Å². The van der Waals surface area contributed by atoms with Gasteiger partial charge in [-0.15, -0.1) is 0 Å². The van der Waals surface area contributed by atoms with E-state index in [0.29, 0.717) is 53.3 Å². The summed E-state index contributed by atoms with van der Waals surface area (Å²) in [5.74, 6) is -1.15. The molecule has 2 saturated heterocycles. The summed E-state index contributed by atoms with van der Waals surface area (Å²) in [7, 11) is 0. The van der Waals surface area contributed by atoms with Crippen LogP contribution in [0.25, 0.3) is 5.65 Å². The number of likely N-dealkylation sites (tertiary alicyclic amines) is 1. The third-order valence-electron chi connectivity index (χ3n) is 7.64. The summed E-state index contributed by atoms with van der Waals surface area (Å²) in [5, 5.41) is 12.8. The van der Waals surface area contributed by atoms with Crippen molar-refractivity contribution < 1.29 is 28.6 Å². The number of carboxylic acid groups (broad SMARTS) is 1. The molecule has 0 unspecified atom stereocenters. The standard InChI is InChI=1S/C30H29ClFN5O5/c31-21-6-4-20(23(32)12-21)15-42-27-3-1-2-24(35-27)18-8-10-36(11-9-18)14-25-28(29(38)33-22-16-41-17-22)37-13-19(30(39)40)5-7-26(37)34-25/h1-7,12-13,18,22H,8-11,14-17H2,(H,33,38)(H,39,40). The number of fused-ring (bicyclic) bond motifs is 1. The number of carbonyl (C=O) groups excluding carboxylic acids is 1. The fourth-order valence-corrected chi connectivity index (χ4v) is 5.43. The number of rotatable bonds is 9. The Bertz CT molecular complexity index is 1630. The SMILES string of the molecule is O=C(O)c1ccc2nc(CN3CCC(c4cccc(OCc5ccc(Cl)cc5F)n4)CC3)c(C(=O)NC3COC3)n2c1. The summed E-state index contributed by atoms with van der Waals surface area (Å²) in [6, 6.07) is 13.1. The van der Waals surface area contributed by atoms with Gasteiger partial charge in [-0.3, -0.25) is 14.1 Å². The highest BCUT2D eigenvalue weighted by atomic mass is 35.5. The highest BCUT2D eigenvalue weighted by Gasteiger charge is 2.28. The molecule has 2 aliphatic heterocycles. The molecule has 12 heteroatoms. The van der Waals surface area contributed by atoms with Gasteiger partial charge in [0.2, 0.25) is 5.88 Å². The van der Waals surface area contributed by atoms with Gasteiger partial charge in [0.1, 0.15) is 23.8 Å². The second-order valence-corrected chi connectivity index (χ2v) is 11.0. The number of pyridine rings is 2. The topological polar surface area (TPSA) is 118 Å². The van der Waals surface area contributed by atoms with Crippen molar-refractivity contribution in [3.05, 3.63) is 93.8 Å². The molecule has 0 spiro atoms. The highest BCUT2D eigenvalue weighted by molar-refractivity contribution is 6.30. The van der Waals surface area contributed by atoms with Crippen molar-refractivity contribution in [3.8, 4) is 5.88 Å². The number of hydrogen-bond acceptors (Lipinski definition) is 7. The third-order valence-corrected chi connectivity index (χ3v) is 7.88. The number of nitrogens with zero attached hydrogens (tertiary/aromatic N) is 4. The molecule has 5 heterocycles. The van der Waals surface area contributed by atoms with Crippen molar-refractivity contribution in [3.63, 3.8) is 0 Å². The number of benzene rings is 1. The van der Waals surface area contributed by atoms with Crippen LogP contribution in [-0.4, -0.2) is 68.6 Å². The molecule has 1 amide bonds. The van der Waals surface area contributed by atoms with E-state index in [2.05, 4.69) is 15.2 Å². The minimum absolute atomic E-state index is 0.0502. The fourth-order valence-electron chi connectivity index (χ4n) is 5.27. The summed E-state index contributed by atoms with van der Waals surface area (Å²) in [4.78, 5) is 36.5. The summed E-state index contributed by atoms with van der Waals surface area (Å²) in [6.07, 6.45) is 3.13. The van der Waals surface area contributed by atoms with Crippen LogP contribution < -0.4 is 10.1 Å². The normalized spacial score (nSPS) is 16.3. The number of ether oxygens (including phenoxy) is 2. The van der Waals surface area contributed by atoms with Gasteiger partial charge >= 0.3 is 5.97 Å². The Morgan fingerprint density at radius 2 is 1.93 bits per heavy atom. The van der Waals surface area contributed by atoms with Gasteiger partial charge in [0.25, 0.3) is 5.91 Å². The maximum absolute atomic E-state index is 14.1. The number of hydrogen-bond donors (Lipinski definition) is 2. The van der Waals surface area contributed by atoms with Crippen molar-refractivity contribution in [1.29, 1.82) is 0 Å². The summed E-state index contributed by atoms with van der Waals surface area (Å²) < 4.78 is 26.6. The smallest absolute Gasteiger partial charge is 0.337 e. The van der Waals surface area contributed by atoms with Gasteiger partial charge in [-0.05, 0) is 56.3 Å². The van der Waals surface area contributed by atoms with E-state index < -0.39 is 11.8 Å². The number of carboxylic acids is 1. The Morgan fingerprint density at radius 3 is 2.64 bits per heavy atom. The van der Waals surface area contributed by atoms with Crippen LogP contribution in [0.5, 0.6) is 5.88 Å². The first-order valence-electron chi connectivity index (χ1n) is 13.7. The lowest BCUT2D eigenvalue weighted by Gasteiger charge is -2.31. The molecule has 2 N–H and O–H groups in total. The predicted octanol–water partition coefficient (Wildman–Crippen LogP) is 4.31. The van der Waals surface area contributed by atoms with Crippen LogP contribution in [0.3, 0.4) is 0 Å². The van der Waals surface area contributed by atoms with Gasteiger partial charge in [-0.25, -0.2) is 19.2 Å². The lowest BCUT2D eigenvalue weighted by Crippen LogP contribution is -2.49. The first kappa shape index (κ1) is 28.1. The molecule has 4 aromatic rings. The predicted molar refractivity (Wildman–Crippen MR) is 151 cm³/mol. The first-order chi connectivity index (χ1) is 20.3. The molecule has 42 heavy (non-hydrogen) atoms. The maximum atomic E-state index is 14.1. The molecule has 0 aliphatic carbocycles. The monoisotopic (exact) mass is 593 g/mol. The number of piperidine rings is 1. The highest BCUT2D eigenvalue weighted by Crippen LogP contribution is 2.29. The number of amides is 1. The number of halogens is 2. The number of aromatic nitrogens is 3. The lowest BCUT2D eigenvalue weighted by atomic mass is 9.93. The molecular weight excluding hydrogens is 565 g/mol. The van der Waals surface area contributed by atoms with E-state index >= 15 is 0 Å². The van der Waals surface area contributed by atoms with Crippen molar-refractivity contribution in [1.82, 2.24) is 24.6 Å². The molecule has 10 nitrogen and oxygen atoms in total. The van der Waals surface area contributed by atoms with Crippen LogP contribution in [-0.2, 0) is 17.9 Å². The van der Waals surface area contributed by atoms with Crippen LogP contribution in [0.1, 0.15) is 56.6 Å². The van der Waals surface area contributed by atoms with Crippen LogP contribution in [0.4, 0.5) is 4.39 Å². The number of aromatic carboxylic acids is 1. The number of nitrogens with one attached hydrogen (secondary N) is 1. The van der Waals surface area contributed by atoms with E-state index in [4.69, 9.17) is 26.1 Å². The second kappa shape index (κ2) is 12.0. The largest absolute Gasteiger partial charge is 0.478 e. The summed E-state index contributed by atoms with van der Waals surface area (Å²) >= 11 is 5.84.